The van der Waals surface area contributed by atoms with Gasteiger partial charge in [-0.25, -0.2) is 4.39 Å². The van der Waals surface area contributed by atoms with Gasteiger partial charge in [-0.15, -0.1) is 0 Å². The van der Waals surface area contributed by atoms with Gasteiger partial charge < -0.3 is 14.6 Å². The lowest BCUT2D eigenvalue weighted by Crippen LogP contribution is -2.38. The van der Waals surface area contributed by atoms with Crippen LogP contribution in [0.15, 0.2) is 12.1 Å². The molecule has 1 aromatic carbocycles. The summed E-state index contributed by atoms with van der Waals surface area (Å²) in [6, 6.07) is 2.78. The lowest BCUT2D eigenvalue weighted by atomic mass is 9.70. The zero-order chi connectivity index (χ0) is 18.4. The molecule has 2 aliphatic carbocycles. The van der Waals surface area contributed by atoms with Gasteiger partial charge in [0, 0.05) is 11.8 Å². The number of hydrogen-bond donors (Lipinski definition) is 1. The summed E-state index contributed by atoms with van der Waals surface area (Å²) in [5, 5.41) is 9.54. The molecule has 2 bridgehead atoms. The Morgan fingerprint density at radius 3 is 2.64 bits per heavy atom. The molecule has 2 aliphatic rings. The van der Waals surface area contributed by atoms with Gasteiger partial charge in [0.2, 0.25) is 0 Å². The summed E-state index contributed by atoms with van der Waals surface area (Å²) >= 11 is 0. The van der Waals surface area contributed by atoms with Crippen LogP contribution in [0.4, 0.5) is 4.39 Å². The molecule has 0 spiro atoms. The number of carbonyl (C=O) groups excluding carboxylic acids is 1. The number of aromatic hydroxyl groups is 1. The van der Waals surface area contributed by atoms with Gasteiger partial charge in [-0.05, 0) is 54.7 Å². The van der Waals surface area contributed by atoms with Gasteiger partial charge in [0.05, 0.1) is 7.11 Å². The van der Waals surface area contributed by atoms with Crippen LogP contribution in [0, 0.1) is 22.6 Å². The summed E-state index contributed by atoms with van der Waals surface area (Å²) in [6.07, 6.45) is 3.76. The van der Waals surface area contributed by atoms with Crippen molar-refractivity contribution in [3.05, 3.63) is 23.5 Å². The Balaban J connectivity index is 1.61. The minimum absolute atomic E-state index is 0.0279. The number of esters is 1. The third-order valence-electron chi connectivity index (χ3n) is 6.91. The standard InChI is InChI=1S/C20H27FO4/c1-19(2)13-7-8-20(19,3)16(11-13)25-17(22)6-5-12-9-14(21)18(23)15(10-12)24-4/h9-10,13,16,23H,5-8,11H2,1-4H3/t13-,16+,20+/m1/s1. The van der Waals surface area contributed by atoms with Crippen LogP contribution in [-0.4, -0.2) is 24.3 Å². The smallest absolute Gasteiger partial charge is 0.306 e. The largest absolute Gasteiger partial charge is 0.502 e. The predicted octanol–water partition coefficient (Wildman–Crippen LogP) is 4.23. The fraction of sp³-hybridized carbons (Fsp3) is 0.650. The number of phenols is 1. The number of aryl methyl sites for hydroxylation is 1. The first-order valence-corrected chi connectivity index (χ1v) is 8.94. The van der Waals surface area contributed by atoms with E-state index in [0.29, 0.717) is 17.9 Å². The average molecular weight is 350 g/mol. The van der Waals surface area contributed by atoms with E-state index in [1.54, 1.807) is 6.07 Å². The fourth-order valence-corrected chi connectivity index (χ4v) is 4.70. The maximum atomic E-state index is 13.7. The highest BCUT2D eigenvalue weighted by molar-refractivity contribution is 5.70. The summed E-state index contributed by atoms with van der Waals surface area (Å²) in [6.45, 7) is 6.80. The Bertz CT molecular complexity index is 685. The Morgan fingerprint density at radius 1 is 1.36 bits per heavy atom. The van der Waals surface area contributed by atoms with Gasteiger partial charge in [-0.3, -0.25) is 4.79 Å². The molecule has 3 atom stereocenters. The van der Waals surface area contributed by atoms with Gasteiger partial charge >= 0.3 is 5.97 Å². The fourth-order valence-electron chi connectivity index (χ4n) is 4.70. The van der Waals surface area contributed by atoms with Crippen molar-refractivity contribution in [3.63, 3.8) is 0 Å². The minimum Gasteiger partial charge on any atom is -0.502 e. The predicted molar refractivity (Wildman–Crippen MR) is 92.0 cm³/mol. The maximum Gasteiger partial charge on any atom is 0.306 e. The highest BCUT2D eigenvalue weighted by atomic mass is 19.1. The average Bonchev–Trinajstić information content (AvgIpc) is 2.89. The zero-order valence-corrected chi connectivity index (χ0v) is 15.4. The van der Waals surface area contributed by atoms with E-state index in [4.69, 9.17) is 9.47 Å². The quantitative estimate of drug-likeness (QED) is 0.808. The number of benzene rings is 1. The topological polar surface area (TPSA) is 55.8 Å². The highest BCUT2D eigenvalue weighted by Gasteiger charge is 2.62. The second-order valence-corrected chi connectivity index (χ2v) is 8.22. The molecule has 1 N–H and O–H groups in total. The van der Waals surface area contributed by atoms with Crippen LogP contribution in [-0.2, 0) is 16.0 Å². The van der Waals surface area contributed by atoms with Crippen molar-refractivity contribution in [1.29, 1.82) is 0 Å². The number of halogens is 1. The molecule has 25 heavy (non-hydrogen) atoms. The minimum atomic E-state index is -0.745. The third-order valence-corrected chi connectivity index (χ3v) is 6.91. The Labute approximate surface area is 148 Å². The van der Waals surface area contributed by atoms with Crippen molar-refractivity contribution < 1.29 is 23.8 Å². The molecule has 0 unspecified atom stereocenters. The summed E-state index contributed by atoms with van der Waals surface area (Å²) < 4.78 is 24.4. The van der Waals surface area contributed by atoms with Crippen LogP contribution in [0.1, 0.15) is 52.0 Å². The normalized spacial score (nSPS) is 29.6. The van der Waals surface area contributed by atoms with E-state index in [1.807, 2.05) is 0 Å². The van der Waals surface area contributed by atoms with E-state index < -0.39 is 11.6 Å². The summed E-state index contributed by atoms with van der Waals surface area (Å²) in [5.41, 5.74) is 0.843. The van der Waals surface area contributed by atoms with Crippen LogP contribution < -0.4 is 4.74 Å². The van der Waals surface area contributed by atoms with Crippen LogP contribution in [0.25, 0.3) is 0 Å². The third kappa shape index (κ3) is 2.87. The SMILES string of the molecule is COc1cc(CCC(=O)O[C@H]2C[C@H]3CC[C@]2(C)C3(C)C)cc(F)c1O. The van der Waals surface area contributed by atoms with E-state index in [0.717, 1.165) is 12.8 Å². The van der Waals surface area contributed by atoms with Gasteiger partial charge in [-0.1, -0.05) is 20.8 Å². The molecular formula is C20H27FO4. The second kappa shape index (κ2) is 6.19. The summed E-state index contributed by atoms with van der Waals surface area (Å²) in [7, 11) is 1.37. The highest BCUT2D eigenvalue weighted by Crippen LogP contribution is 2.66. The van der Waals surface area contributed by atoms with E-state index >= 15 is 0 Å². The number of hydrogen-bond acceptors (Lipinski definition) is 4. The summed E-state index contributed by atoms with van der Waals surface area (Å²) in [4.78, 5) is 12.3. The molecule has 3 rings (SSSR count). The van der Waals surface area contributed by atoms with Gasteiger partial charge in [0.1, 0.15) is 6.10 Å². The van der Waals surface area contributed by atoms with Gasteiger partial charge in [0.15, 0.2) is 17.3 Å². The number of ether oxygens (including phenoxy) is 2. The molecule has 2 saturated carbocycles. The van der Waals surface area contributed by atoms with Crippen molar-refractivity contribution in [2.45, 2.75) is 59.0 Å². The molecule has 0 aromatic heterocycles. The van der Waals surface area contributed by atoms with E-state index in [-0.39, 0.29) is 35.1 Å². The van der Waals surface area contributed by atoms with E-state index in [2.05, 4.69) is 20.8 Å². The molecule has 138 valence electrons. The Kier molecular flexibility index (Phi) is 4.46. The van der Waals surface area contributed by atoms with Crippen LogP contribution in [0.5, 0.6) is 11.5 Å². The number of carbonyl (C=O) groups is 1. The van der Waals surface area contributed by atoms with Crippen LogP contribution in [0.3, 0.4) is 0 Å². The molecule has 2 fully saturated rings. The van der Waals surface area contributed by atoms with Crippen molar-refractivity contribution in [3.8, 4) is 11.5 Å². The van der Waals surface area contributed by atoms with E-state index in [9.17, 15) is 14.3 Å². The van der Waals surface area contributed by atoms with Crippen LogP contribution in [0.2, 0.25) is 0 Å². The van der Waals surface area contributed by atoms with Crippen molar-refractivity contribution >= 4 is 5.97 Å². The molecule has 4 nitrogen and oxygen atoms in total. The first kappa shape index (κ1) is 18.0. The number of phenolic OH excluding ortho intramolecular Hbond substituents is 1. The molecule has 0 amide bonds. The van der Waals surface area contributed by atoms with Crippen LogP contribution >= 0.6 is 0 Å². The van der Waals surface area contributed by atoms with Crippen molar-refractivity contribution in [2.24, 2.45) is 16.7 Å². The number of fused-ring (bicyclic) bond motifs is 2. The molecule has 0 heterocycles. The van der Waals surface area contributed by atoms with Crippen molar-refractivity contribution in [2.75, 3.05) is 7.11 Å². The van der Waals surface area contributed by atoms with Gasteiger partial charge in [-0.2, -0.15) is 0 Å². The maximum absolute atomic E-state index is 13.7. The molecule has 0 radical (unpaired) electrons. The first-order valence-electron chi connectivity index (χ1n) is 8.94. The summed E-state index contributed by atoms with van der Waals surface area (Å²) in [5.74, 6) is -0.811. The zero-order valence-electron chi connectivity index (χ0n) is 15.4. The Morgan fingerprint density at radius 2 is 2.08 bits per heavy atom. The molecule has 5 heteroatoms. The molecule has 1 aromatic rings. The lowest BCUT2D eigenvalue weighted by molar-refractivity contribution is -0.156. The second-order valence-electron chi connectivity index (χ2n) is 8.22. The van der Waals surface area contributed by atoms with Gasteiger partial charge in [0.25, 0.3) is 0 Å². The monoisotopic (exact) mass is 350 g/mol. The Hall–Kier alpha value is -1.78. The number of methoxy groups -OCH3 is 1. The van der Waals surface area contributed by atoms with E-state index in [1.165, 1.54) is 19.6 Å². The molecule has 0 saturated heterocycles. The lowest BCUT2D eigenvalue weighted by Gasteiger charge is -2.38. The van der Waals surface area contributed by atoms with Crippen molar-refractivity contribution in [1.82, 2.24) is 0 Å². The molecular weight excluding hydrogens is 323 g/mol. The molecule has 0 aliphatic heterocycles. The first-order chi connectivity index (χ1) is 11.7. The number of rotatable bonds is 5.